The van der Waals surface area contributed by atoms with Crippen LogP contribution in [-0.4, -0.2) is 46.2 Å². The van der Waals surface area contributed by atoms with Gasteiger partial charge in [0.15, 0.2) is 0 Å². The van der Waals surface area contributed by atoms with Crippen molar-refractivity contribution in [1.29, 1.82) is 0 Å². The number of rotatable bonds is 6. The van der Waals surface area contributed by atoms with Gasteiger partial charge in [0.25, 0.3) is 5.91 Å². The van der Waals surface area contributed by atoms with Gasteiger partial charge in [0.2, 0.25) is 11.8 Å². The van der Waals surface area contributed by atoms with Crippen LogP contribution in [0.2, 0.25) is 0 Å². The number of aromatic nitrogens is 1. The summed E-state index contributed by atoms with van der Waals surface area (Å²) in [6, 6.07) is 20.5. The highest BCUT2D eigenvalue weighted by atomic mass is 79.9. The van der Waals surface area contributed by atoms with E-state index in [4.69, 9.17) is 4.74 Å². The van der Waals surface area contributed by atoms with Crippen LogP contribution in [0.15, 0.2) is 81.0 Å². The molecule has 3 aliphatic rings. The van der Waals surface area contributed by atoms with Crippen molar-refractivity contribution in [3.05, 3.63) is 82.5 Å². The van der Waals surface area contributed by atoms with Gasteiger partial charge >= 0.3 is 0 Å². The van der Waals surface area contributed by atoms with E-state index in [1.54, 1.807) is 28.8 Å². The predicted octanol–water partition coefficient (Wildman–Crippen LogP) is 5.61. The summed E-state index contributed by atoms with van der Waals surface area (Å²) in [5.74, 6) is 0.570. The van der Waals surface area contributed by atoms with E-state index < -0.39 is 6.04 Å². The Kier molecular flexibility index (Phi) is 6.35. The molecule has 0 radical (unpaired) electrons. The first-order chi connectivity index (χ1) is 19.8. The van der Waals surface area contributed by atoms with E-state index in [0.29, 0.717) is 24.3 Å². The molecule has 0 spiro atoms. The van der Waals surface area contributed by atoms with Crippen molar-refractivity contribution in [3.8, 4) is 11.5 Å². The molecule has 1 aromatic heterocycles. The Hall–Kier alpha value is -3.76. The lowest BCUT2D eigenvalue weighted by Gasteiger charge is -2.27. The first-order valence-corrected chi connectivity index (χ1v) is 15.1. The molecule has 1 saturated carbocycles. The number of amides is 3. The lowest BCUT2D eigenvalue weighted by Crippen LogP contribution is -2.50. The smallest absolute Gasteiger partial charge is 0.251 e. The average molecular weight is 632 g/mol. The van der Waals surface area contributed by atoms with Gasteiger partial charge in [-0.3, -0.25) is 14.4 Å². The Labute approximate surface area is 249 Å². The zero-order chi connectivity index (χ0) is 28.3. The first-order valence-electron chi connectivity index (χ1n) is 13.5. The van der Waals surface area contributed by atoms with E-state index in [1.807, 2.05) is 54.6 Å². The van der Waals surface area contributed by atoms with Crippen LogP contribution in [0.1, 0.15) is 35.8 Å². The van der Waals surface area contributed by atoms with E-state index >= 15 is 0 Å². The fourth-order valence-electron chi connectivity index (χ4n) is 5.94. The van der Waals surface area contributed by atoms with E-state index in [0.717, 1.165) is 43.0 Å². The largest absolute Gasteiger partial charge is 0.455 e. The minimum absolute atomic E-state index is 0.0160. The SMILES string of the molecule is C[C@@]12C[C@@H]1N(C(=O)CNC(=O)c1ccc3c(c1)Oc1ccccc1S3)[C@H](C(=O)NCc1cc3cc(Br)ccc3[nH]1)C2. The Morgan fingerprint density at radius 2 is 1.85 bits per heavy atom. The fraction of sp³-hybridized carbons (Fsp3) is 0.258. The minimum Gasteiger partial charge on any atom is -0.455 e. The zero-order valence-corrected chi connectivity index (χ0v) is 24.6. The number of hydrogen-bond acceptors (Lipinski definition) is 5. The number of benzene rings is 3. The summed E-state index contributed by atoms with van der Waals surface area (Å²) in [5.41, 5.74) is 2.24. The van der Waals surface area contributed by atoms with Gasteiger partial charge in [-0.05, 0) is 72.9 Å². The molecule has 1 saturated heterocycles. The predicted molar refractivity (Wildman–Crippen MR) is 159 cm³/mol. The second-order valence-electron chi connectivity index (χ2n) is 11.1. The van der Waals surface area contributed by atoms with Crippen LogP contribution >= 0.6 is 27.7 Å². The Morgan fingerprint density at radius 1 is 1.02 bits per heavy atom. The number of halogens is 1. The highest BCUT2D eigenvalue weighted by molar-refractivity contribution is 9.10. The topological polar surface area (TPSA) is 104 Å². The number of para-hydroxylation sites is 1. The molecule has 4 aromatic rings. The third kappa shape index (κ3) is 4.89. The lowest BCUT2D eigenvalue weighted by atomic mass is 10.0. The molecule has 3 N–H and O–H groups in total. The number of piperidine rings is 1. The molecule has 0 unspecified atom stereocenters. The van der Waals surface area contributed by atoms with E-state index in [-0.39, 0.29) is 35.7 Å². The molecule has 10 heteroatoms. The van der Waals surface area contributed by atoms with Gasteiger partial charge < -0.3 is 25.3 Å². The van der Waals surface area contributed by atoms with Crippen molar-refractivity contribution in [2.75, 3.05) is 6.54 Å². The molecule has 1 aliphatic carbocycles. The Morgan fingerprint density at radius 3 is 2.73 bits per heavy atom. The van der Waals surface area contributed by atoms with E-state index in [9.17, 15) is 14.4 Å². The number of nitrogens with one attached hydrogen (secondary N) is 3. The van der Waals surface area contributed by atoms with E-state index in [1.165, 1.54) is 0 Å². The number of aromatic amines is 1. The average Bonchev–Trinajstić information content (AvgIpc) is 3.30. The van der Waals surface area contributed by atoms with Crippen molar-refractivity contribution in [3.63, 3.8) is 0 Å². The molecule has 0 bridgehead atoms. The van der Waals surface area contributed by atoms with Crippen LogP contribution in [-0.2, 0) is 16.1 Å². The van der Waals surface area contributed by atoms with Gasteiger partial charge in [-0.1, -0.05) is 46.7 Å². The monoisotopic (exact) mass is 630 g/mol. The molecule has 2 aliphatic heterocycles. The Bertz CT molecular complexity index is 1740. The standard InChI is InChI=1S/C31H27BrN4O4S/c1-31-13-22(30(39)33-15-20-11-18-10-19(32)7-8-21(18)35-20)36(27(31)14-31)28(37)16-34-29(38)17-6-9-26-24(12-17)40-23-4-2-3-5-25(23)41-26/h2-12,22,27,35H,13-16H2,1H3,(H,33,39)(H,34,38)/t22-,27-,31+/m0/s1. The maximum absolute atomic E-state index is 13.4. The molecule has 3 atom stereocenters. The van der Waals surface area contributed by atoms with Gasteiger partial charge in [0.05, 0.1) is 22.9 Å². The zero-order valence-electron chi connectivity index (χ0n) is 22.2. The molecule has 3 heterocycles. The quantitative estimate of drug-likeness (QED) is 0.226. The lowest BCUT2D eigenvalue weighted by molar-refractivity contribution is -0.139. The molecule has 8 nitrogen and oxygen atoms in total. The summed E-state index contributed by atoms with van der Waals surface area (Å²) in [6.07, 6.45) is 1.48. The van der Waals surface area contributed by atoms with Gasteiger partial charge in [0, 0.05) is 32.7 Å². The number of ether oxygens (including phenoxy) is 1. The van der Waals surface area contributed by atoms with Crippen LogP contribution < -0.4 is 15.4 Å². The van der Waals surface area contributed by atoms with Crippen molar-refractivity contribution in [1.82, 2.24) is 20.5 Å². The van der Waals surface area contributed by atoms with Crippen molar-refractivity contribution < 1.29 is 19.1 Å². The van der Waals surface area contributed by atoms with Gasteiger partial charge in [-0.2, -0.15) is 0 Å². The van der Waals surface area contributed by atoms with Gasteiger partial charge in [-0.15, -0.1) is 0 Å². The molecular weight excluding hydrogens is 604 g/mol. The number of nitrogens with zero attached hydrogens (tertiary/aromatic N) is 1. The summed E-state index contributed by atoms with van der Waals surface area (Å²) in [6.45, 7) is 2.27. The molecule has 208 valence electrons. The van der Waals surface area contributed by atoms with Crippen molar-refractivity contribution >= 4 is 56.3 Å². The number of likely N-dealkylation sites (tertiary alicyclic amines) is 1. The second kappa shape index (κ2) is 9.95. The number of hydrogen-bond donors (Lipinski definition) is 3. The number of carbonyl (C=O) groups excluding carboxylic acids is 3. The third-order valence-corrected chi connectivity index (χ3v) is 9.82. The summed E-state index contributed by atoms with van der Waals surface area (Å²) < 4.78 is 6.99. The maximum Gasteiger partial charge on any atom is 0.251 e. The fourth-order valence-corrected chi connectivity index (χ4v) is 7.25. The summed E-state index contributed by atoms with van der Waals surface area (Å²) >= 11 is 5.07. The summed E-state index contributed by atoms with van der Waals surface area (Å²) in [5, 5.41) is 6.82. The molecule has 3 aromatic carbocycles. The third-order valence-electron chi connectivity index (χ3n) is 8.21. The van der Waals surface area contributed by atoms with Crippen molar-refractivity contribution in [2.45, 2.75) is 48.2 Å². The molecule has 7 rings (SSSR count). The highest BCUT2D eigenvalue weighted by Gasteiger charge is 2.64. The number of H-pyrrole nitrogens is 1. The van der Waals surface area contributed by atoms with Crippen LogP contribution in [0.4, 0.5) is 0 Å². The van der Waals surface area contributed by atoms with Crippen LogP contribution in [0.3, 0.4) is 0 Å². The molecule has 2 fully saturated rings. The molecular formula is C31H27BrN4O4S. The van der Waals surface area contributed by atoms with Crippen LogP contribution in [0.25, 0.3) is 10.9 Å². The van der Waals surface area contributed by atoms with E-state index in [2.05, 4.69) is 38.5 Å². The number of carbonyl (C=O) groups is 3. The minimum atomic E-state index is -0.559. The summed E-state index contributed by atoms with van der Waals surface area (Å²) in [7, 11) is 0. The first kappa shape index (κ1) is 26.2. The Balaban J connectivity index is 0.987. The summed E-state index contributed by atoms with van der Waals surface area (Å²) in [4.78, 5) is 46.6. The maximum atomic E-state index is 13.4. The molecule has 3 amide bonds. The van der Waals surface area contributed by atoms with Crippen LogP contribution in [0, 0.1) is 5.41 Å². The molecule has 41 heavy (non-hydrogen) atoms. The van der Waals surface area contributed by atoms with Crippen LogP contribution in [0.5, 0.6) is 11.5 Å². The second-order valence-corrected chi connectivity index (χ2v) is 13.1. The normalized spacial score (nSPS) is 21.9. The van der Waals surface area contributed by atoms with Gasteiger partial charge in [0.1, 0.15) is 17.5 Å². The highest BCUT2D eigenvalue weighted by Crippen LogP contribution is 2.59. The van der Waals surface area contributed by atoms with Gasteiger partial charge in [-0.25, -0.2) is 0 Å². The number of fused-ring (bicyclic) bond motifs is 4. The van der Waals surface area contributed by atoms with Crippen molar-refractivity contribution in [2.24, 2.45) is 5.41 Å².